The molecule has 1 amide bonds. The molecule has 2 N–H and O–H groups in total. The molecular weight excluding hydrogens is 271 g/mol. The average Bonchev–Trinajstić information content (AvgIpc) is 2.49. The van der Waals surface area contributed by atoms with E-state index in [4.69, 9.17) is 10.5 Å². The summed E-state index contributed by atoms with van der Waals surface area (Å²) < 4.78 is 18.3. The highest BCUT2D eigenvalue weighted by molar-refractivity contribution is 5.86. The molecule has 116 valence electrons. The normalized spacial score (nSPS) is 19.0. The molecule has 0 spiro atoms. The highest BCUT2D eigenvalue weighted by atomic mass is 19.1. The molecule has 1 aliphatic heterocycles. The van der Waals surface area contributed by atoms with Gasteiger partial charge in [0.15, 0.2) is 0 Å². The molecule has 0 aromatic heterocycles. The van der Waals surface area contributed by atoms with Crippen LogP contribution in [0.5, 0.6) is 0 Å². The van der Waals surface area contributed by atoms with E-state index in [-0.39, 0.29) is 17.8 Å². The van der Waals surface area contributed by atoms with Crippen LogP contribution in [0.25, 0.3) is 0 Å². The minimum atomic E-state index is -0.845. The van der Waals surface area contributed by atoms with Gasteiger partial charge in [0.1, 0.15) is 5.82 Å². The number of hydrogen-bond acceptors (Lipinski definition) is 3. The number of carbonyl (C=O) groups is 1. The summed E-state index contributed by atoms with van der Waals surface area (Å²) in [5.74, 6) is -0.329. The van der Waals surface area contributed by atoms with Gasteiger partial charge in [-0.25, -0.2) is 4.39 Å². The highest BCUT2D eigenvalue weighted by Gasteiger charge is 2.39. The highest BCUT2D eigenvalue weighted by Crippen LogP contribution is 2.27. The molecule has 0 aliphatic carbocycles. The first-order valence-electron chi connectivity index (χ1n) is 7.41. The summed E-state index contributed by atoms with van der Waals surface area (Å²) in [6, 6.07) is 6.12. The van der Waals surface area contributed by atoms with Gasteiger partial charge >= 0.3 is 0 Å². The Morgan fingerprint density at radius 2 is 1.95 bits per heavy atom. The molecule has 1 aromatic rings. The fourth-order valence-electron chi connectivity index (χ4n) is 2.75. The lowest BCUT2D eigenvalue weighted by molar-refractivity contribution is -0.142. The summed E-state index contributed by atoms with van der Waals surface area (Å²) in [6.07, 6.45) is 1.08. The van der Waals surface area contributed by atoms with Gasteiger partial charge in [-0.3, -0.25) is 4.79 Å². The van der Waals surface area contributed by atoms with Gasteiger partial charge in [-0.1, -0.05) is 12.1 Å². The third kappa shape index (κ3) is 3.41. The van der Waals surface area contributed by atoms with Crippen LogP contribution in [0.2, 0.25) is 0 Å². The molecule has 1 aliphatic rings. The van der Waals surface area contributed by atoms with Crippen molar-refractivity contribution in [1.29, 1.82) is 0 Å². The molecule has 0 radical (unpaired) electrons. The first-order chi connectivity index (χ1) is 9.98. The average molecular weight is 294 g/mol. The number of halogens is 1. The van der Waals surface area contributed by atoms with Crippen LogP contribution >= 0.6 is 0 Å². The van der Waals surface area contributed by atoms with Crippen molar-refractivity contribution in [2.45, 2.75) is 38.3 Å². The standard InChI is InChI=1S/C16H23FN2O2/c1-3-19(12(2)13-4-6-14(17)7-5-13)15(20)16(18)8-10-21-11-9-16/h4-7,12H,3,8-11,18H2,1-2H3. The van der Waals surface area contributed by atoms with E-state index in [2.05, 4.69) is 0 Å². The number of hydrogen-bond donors (Lipinski definition) is 1. The molecule has 1 unspecified atom stereocenters. The van der Waals surface area contributed by atoms with Crippen molar-refractivity contribution in [3.8, 4) is 0 Å². The third-order valence-electron chi connectivity index (χ3n) is 4.23. The minimum absolute atomic E-state index is 0.0508. The lowest BCUT2D eigenvalue weighted by Gasteiger charge is -2.39. The number of carbonyl (C=O) groups excluding carboxylic acids is 1. The topological polar surface area (TPSA) is 55.6 Å². The second-order valence-corrected chi connectivity index (χ2v) is 5.59. The number of nitrogens with two attached hydrogens (primary N) is 1. The van der Waals surface area contributed by atoms with Crippen LogP contribution in [0.3, 0.4) is 0 Å². The maximum Gasteiger partial charge on any atom is 0.243 e. The van der Waals surface area contributed by atoms with E-state index in [9.17, 15) is 9.18 Å². The van der Waals surface area contributed by atoms with E-state index in [0.717, 1.165) is 5.56 Å². The van der Waals surface area contributed by atoms with Gasteiger partial charge in [0.2, 0.25) is 5.91 Å². The first-order valence-corrected chi connectivity index (χ1v) is 7.41. The Labute approximate surface area is 125 Å². The van der Waals surface area contributed by atoms with Crippen molar-refractivity contribution in [1.82, 2.24) is 4.90 Å². The Hall–Kier alpha value is -1.46. The Kier molecular flexibility index (Phi) is 4.96. The summed E-state index contributed by atoms with van der Waals surface area (Å²) in [6.45, 7) is 5.48. The predicted octanol–water partition coefficient (Wildman–Crippen LogP) is 2.24. The maximum absolute atomic E-state index is 13.0. The molecule has 1 aromatic carbocycles. The molecule has 4 nitrogen and oxygen atoms in total. The summed E-state index contributed by atoms with van der Waals surface area (Å²) in [4.78, 5) is 14.6. The molecule has 2 rings (SSSR count). The quantitative estimate of drug-likeness (QED) is 0.926. The largest absolute Gasteiger partial charge is 0.381 e. The molecule has 1 saturated heterocycles. The predicted molar refractivity (Wildman–Crippen MR) is 79.2 cm³/mol. The van der Waals surface area contributed by atoms with Gasteiger partial charge in [0, 0.05) is 19.8 Å². The number of rotatable bonds is 4. The zero-order valence-corrected chi connectivity index (χ0v) is 12.6. The fraction of sp³-hybridized carbons (Fsp3) is 0.562. The van der Waals surface area contributed by atoms with E-state index in [1.807, 2.05) is 13.8 Å². The van der Waals surface area contributed by atoms with Crippen LogP contribution in [-0.4, -0.2) is 36.1 Å². The van der Waals surface area contributed by atoms with Gasteiger partial charge in [-0.15, -0.1) is 0 Å². The van der Waals surface area contributed by atoms with E-state index >= 15 is 0 Å². The molecular formula is C16H23FN2O2. The van der Waals surface area contributed by atoms with E-state index in [1.165, 1.54) is 12.1 Å². The van der Waals surface area contributed by atoms with Gasteiger partial charge < -0.3 is 15.4 Å². The molecule has 1 fully saturated rings. The zero-order valence-electron chi connectivity index (χ0n) is 12.6. The molecule has 0 bridgehead atoms. The zero-order chi connectivity index (χ0) is 15.5. The maximum atomic E-state index is 13.0. The Bertz CT molecular complexity index is 484. The van der Waals surface area contributed by atoms with Crippen LogP contribution in [0.15, 0.2) is 24.3 Å². The van der Waals surface area contributed by atoms with Crippen molar-refractivity contribution in [2.24, 2.45) is 5.73 Å². The lowest BCUT2D eigenvalue weighted by atomic mass is 9.88. The number of amides is 1. The van der Waals surface area contributed by atoms with Crippen LogP contribution in [-0.2, 0) is 9.53 Å². The van der Waals surface area contributed by atoms with E-state index in [0.29, 0.717) is 32.6 Å². The number of benzene rings is 1. The fourth-order valence-corrected chi connectivity index (χ4v) is 2.75. The van der Waals surface area contributed by atoms with Crippen LogP contribution in [0.1, 0.15) is 38.3 Å². The van der Waals surface area contributed by atoms with Gasteiger partial charge in [-0.05, 0) is 44.4 Å². The number of nitrogens with zero attached hydrogens (tertiary/aromatic N) is 1. The second kappa shape index (κ2) is 6.54. The Morgan fingerprint density at radius 3 is 2.48 bits per heavy atom. The van der Waals surface area contributed by atoms with Crippen LogP contribution in [0, 0.1) is 5.82 Å². The van der Waals surface area contributed by atoms with E-state index < -0.39 is 5.54 Å². The number of ether oxygens (including phenoxy) is 1. The number of likely N-dealkylation sites (N-methyl/N-ethyl adjacent to an activating group) is 1. The molecule has 5 heteroatoms. The minimum Gasteiger partial charge on any atom is -0.381 e. The van der Waals surface area contributed by atoms with Crippen molar-refractivity contribution in [3.05, 3.63) is 35.6 Å². The molecule has 1 atom stereocenters. The van der Waals surface area contributed by atoms with Crippen LogP contribution in [0.4, 0.5) is 4.39 Å². The Morgan fingerprint density at radius 1 is 1.38 bits per heavy atom. The Balaban J connectivity index is 2.17. The summed E-state index contributed by atoms with van der Waals surface area (Å²) in [5.41, 5.74) is 6.35. The lowest BCUT2D eigenvalue weighted by Crippen LogP contribution is -2.58. The summed E-state index contributed by atoms with van der Waals surface area (Å²) in [5, 5.41) is 0. The van der Waals surface area contributed by atoms with Gasteiger partial charge in [-0.2, -0.15) is 0 Å². The smallest absolute Gasteiger partial charge is 0.243 e. The van der Waals surface area contributed by atoms with Crippen molar-refractivity contribution in [3.63, 3.8) is 0 Å². The SMILES string of the molecule is CCN(C(=O)C1(N)CCOCC1)C(C)c1ccc(F)cc1. The third-order valence-corrected chi connectivity index (χ3v) is 4.23. The molecule has 21 heavy (non-hydrogen) atoms. The van der Waals surface area contributed by atoms with Gasteiger partial charge in [0.25, 0.3) is 0 Å². The monoisotopic (exact) mass is 294 g/mol. The van der Waals surface area contributed by atoms with E-state index in [1.54, 1.807) is 17.0 Å². The summed E-state index contributed by atoms with van der Waals surface area (Å²) in [7, 11) is 0. The molecule has 0 saturated carbocycles. The summed E-state index contributed by atoms with van der Waals surface area (Å²) >= 11 is 0. The first kappa shape index (κ1) is 15.9. The van der Waals surface area contributed by atoms with Crippen LogP contribution < -0.4 is 5.73 Å². The van der Waals surface area contributed by atoms with Gasteiger partial charge in [0.05, 0.1) is 11.6 Å². The van der Waals surface area contributed by atoms with Crippen molar-refractivity contribution >= 4 is 5.91 Å². The van der Waals surface area contributed by atoms with Crippen molar-refractivity contribution < 1.29 is 13.9 Å². The second-order valence-electron chi connectivity index (χ2n) is 5.59. The van der Waals surface area contributed by atoms with Crippen molar-refractivity contribution in [2.75, 3.05) is 19.8 Å². The molecule has 1 heterocycles.